The van der Waals surface area contributed by atoms with Crippen molar-refractivity contribution in [3.8, 4) is 6.07 Å². The molecule has 0 aliphatic heterocycles. The Morgan fingerprint density at radius 3 is 2.89 bits per heavy atom. The maximum absolute atomic E-state index is 12.2. The molecule has 0 fully saturated rings. The zero-order valence-electron chi connectivity index (χ0n) is 10.0. The summed E-state index contributed by atoms with van der Waals surface area (Å²) >= 11 is 1.51. The summed E-state index contributed by atoms with van der Waals surface area (Å²) in [4.78, 5) is 17.7. The van der Waals surface area contributed by atoms with Gasteiger partial charge in [0.2, 0.25) is 0 Å². The van der Waals surface area contributed by atoms with Crippen LogP contribution in [0.2, 0.25) is 0 Å². The van der Waals surface area contributed by atoms with Crippen molar-refractivity contribution in [3.63, 3.8) is 0 Å². The SMILES string of the molecule is Cc1ccsc1N(C)C(=O)c1cncc(C#N)c1. The van der Waals surface area contributed by atoms with E-state index in [2.05, 4.69) is 4.98 Å². The molecule has 4 nitrogen and oxygen atoms in total. The lowest BCUT2D eigenvalue weighted by Crippen LogP contribution is -2.26. The number of nitriles is 1. The molecule has 0 spiro atoms. The van der Waals surface area contributed by atoms with Gasteiger partial charge in [-0.3, -0.25) is 9.78 Å². The van der Waals surface area contributed by atoms with Crippen LogP contribution in [0.15, 0.2) is 29.9 Å². The molecule has 0 saturated carbocycles. The number of anilines is 1. The summed E-state index contributed by atoms with van der Waals surface area (Å²) in [6, 6.07) is 5.49. The van der Waals surface area contributed by atoms with Gasteiger partial charge in [0.05, 0.1) is 11.1 Å². The Morgan fingerprint density at radius 1 is 1.50 bits per heavy atom. The number of hydrogen-bond acceptors (Lipinski definition) is 4. The van der Waals surface area contributed by atoms with Crippen LogP contribution in [0.5, 0.6) is 0 Å². The summed E-state index contributed by atoms with van der Waals surface area (Å²) in [7, 11) is 1.72. The highest BCUT2D eigenvalue weighted by Gasteiger charge is 2.16. The van der Waals surface area contributed by atoms with Gasteiger partial charge in [0.1, 0.15) is 11.1 Å². The first-order valence-electron chi connectivity index (χ1n) is 5.31. The number of aromatic nitrogens is 1. The average Bonchev–Trinajstić information content (AvgIpc) is 2.83. The van der Waals surface area contributed by atoms with Crippen LogP contribution in [0, 0.1) is 18.3 Å². The minimum atomic E-state index is -0.162. The van der Waals surface area contributed by atoms with E-state index in [9.17, 15) is 4.79 Å². The monoisotopic (exact) mass is 257 g/mol. The highest BCUT2D eigenvalue weighted by Crippen LogP contribution is 2.26. The lowest BCUT2D eigenvalue weighted by Gasteiger charge is -2.16. The standard InChI is InChI=1S/C13H11N3OS/c1-9-3-4-18-13(9)16(2)12(17)11-5-10(6-14)7-15-8-11/h3-5,7-8H,1-2H3. The van der Waals surface area contributed by atoms with Crippen molar-refractivity contribution in [2.24, 2.45) is 0 Å². The van der Waals surface area contributed by atoms with E-state index in [4.69, 9.17) is 5.26 Å². The van der Waals surface area contributed by atoms with E-state index in [0.29, 0.717) is 11.1 Å². The van der Waals surface area contributed by atoms with Crippen molar-refractivity contribution >= 4 is 22.2 Å². The molecule has 2 aromatic rings. The number of carbonyl (C=O) groups is 1. The number of rotatable bonds is 2. The molecule has 5 heteroatoms. The number of hydrogen-bond donors (Lipinski definition) is 0. The van der Waals surface area contributed by atoms with Gasteiger partial charge in [-0.2, -0.15) is 5.26 Å². The second-order valence-electron chi connectivity index (χ2n) is 3.85. The Kier molecular flexibility index (Phi) is 3.40. The maximum Gasteiger partial charge on any atom is 0.260 e. The number of thiophene rings is 1. The highest BCUT2D eigenvalue weighted by molar-refractivity contribution is 7.14. The van der Waals surface area contributed by atoms with E-state index in [1.807, 2.05) is 24.4 Å². The van der Waals surface area contributed by atoms with Gasteiger partial charge in [-0.1, -0.05) is 0 Å². The molecule has 90 valence electrons. The maximum atomic E-state index is 12.2. The minimum Gasteiger partial charge on any atom is -0.303 e. The van der Waals surface area contributed by atoms with Gasteiger partial charge in [0.25, 0.3) is 5.91 Å². The summed E-state index contributed by atoms with van der Waals surface area (Å²) in [5.41, 5.74) is 1.86. The van der Waals surface area contributed by atoms with Crippen molar-refractivity contribution in [3.05, 3.63) is 46.6 Å². The van der Waals surface area contributed by atoms with E-state index in [1.54, 1.807) is 18.0 Å². The van der Waals surface area contributed by atoms with E-state index >= 15 is 0 Å². The molecule has 1 amide bonds. The van der Waals surface area contributed by atoms with Crippen LogP contribution in [0.1, 0.15) is 21.5 Å². The van der Waals surface area contributed by atoms with E-state index in [1.165, 1.54) is 23.7 Å². The van der Waals surface area contributed by atoms with Crippen LogP contribution < -0.4 is 4.90 Å². The molecule has 2 aromatic heterocycles. The first-order chi connectivity index (χ1) is 8.63. The summed E-state index contributed by atoms with van der Waals surface area (Å²) in [5, 5.41) is 11.6. The fraction of sp³-hybridized carbons (Fsp3) is 0.154. The highest BCUT2D eigenvalue weighted by atomic mass is 32.1. The molecule has 0 N–H and O–H groups in total. The normalized spacial score (nSPS) is 9.83. The molecule has 0 atom stereocenters. The molecule has 0 radical (unpaired) electrons. The molecule has 0 aliphatic carbocycles. The first kappa shape index (κ1) is 12.3. The summed E-state index contributed by atoms with van der Waals surface area (Å²) in [6.07, 6.45) is 2.91. The van der Waals surface area contributed by atoms with Crippen molar-refractivity contribution in [2.45, 2.75) is 6.92 Å². The van der Waals surface area contributed by atoms with Crippen molar-refractivity contribution in [1.82, 2.24) is 4.98 Å². The molecule has 2 rings (SSSR count). The second kappa shape index (κ2) is 4.98. The molecule has 0 unspecified atom stereocenters. The van der Waals surface area contributed by atoms with Gasteiger partial charge in [0, 0.05) is 19.4 Å². The van der Waals surface area contributed by atoms with E-state index in [0.717, 1.165) is 10.6 Å². The van der Waals surface area contributed by atoms with Gasteiger partial charge < -0.3 is 4.90 Å². The van der Waals surface area contributed by atoms with Gasteiger partial charge in [-0.15, -0.1) is 11.3 Å². The zero-order chi connectivity index (χ0) is 13.1. The smallest absolute Gasteiger partial charge is 0.260 e. The fourth-order valence-corrected chi connectivity index (χ4v) is 2.51. The number of pyridine rings is 1. The van der Waals surface area contributed by atoms with Crippen LogP contribution in [-0.2, 0) is 0 Å². The third-order valence-electron chi connectivity index (χ3n) is 2.56. The number of nitrogens with zero attached hydrogens (tertiary/aromatic N) is 3. The molecule has 0 saturated heterocycles. The van der Waals surface area contributed by atoms with Gasteiger partial charge in [0.15, 0.2) is 0 Å². The Balaban J connectivity index is 2.32. The molecule has 0 bridgehead atoms. The van der Waals surface area contributed by atoms with Crippen molar-refractivity contribution in [2.75, 3.05) is 11.9 Å². The average molecular weight is 257 g/mol. The van der Waals surface area contributed by atoms with Crippen molar-refractivity contribution in [1.29, 1.82) is 5.26 Å². The van der Waals surface area contributed by atoms with Crippen LogP contribution in [0.25, 0.3) is 0 Å². The van der Waals surface area contributed by atoms with E-state index in [-0.39, 0.29) is 5.91 Å². The summed E-state index contributed by atoms with van der Waals surface area (Å²) < 4.78 is 0. The predicted octanol–water partition coefficient (Wildman–Crippen LogP) is 2.60. The molecule has 0 aromatic carbocycles. The molecular weight excluding hydrogens is 246 g/mol. The third-order valence-corrected chi connectivity index (χ3v) is 3.65. The van der Waals surface area contributed by atoms with Gasteiger partial charge >= 0.3 is 0 Å². The Labute approximate surface area is 109 Å². The molecular formula is C13H11N3OS. The van der Waals surface area contributed by atoms with Crippen molar-refractivity contribution < 1.29 is 4.79 Å². The number of carbonyl (C=O) groups excluding carboxylic acids is 1. The largest absolute Gasteiger partial charge is 0.303 e. The Hall–Kier alpha value is -2.19. The molecule has 0 aliphatic rings. The van der Waals surface area contributed by atoms with Gasteiger partial charge in [-0.25, -0.2) is 0 Å². The number of amides is 1. The summed E-state index contributed by atoms with van der Waals surface area (Å²) in [5.74, 6) is -0.162. The van der Waals surface area contributed by atoms with Crippen LogP contribution in [-0.4, -0.2) is 17.9 Å². The number of aryl methyl sites for hydroxylation is 1. The summed E-state index contributed by atoms with van der Waals surface area (Å²) in [6.45, 7) is 1.96. The predicted molar refractivity (Wildman–Crippen MR) is 70.7 cm³/mol. The van der Waals surface area contributed by atoms with Crippen LogP contribution >= 0.6 is 11.3 Å². The van der Waals surface area contributed by atoms with Crippen LogP contribution in [0.4, 0.5) is 5.00 Å². The molecule has 18 heavy (non-hydrogen) atoms. The second-order valence-corrected chi connectivity index (χ2v) is 4.74. The minimum absolute atomic E-state index is 0.162. The van der Waals surface area contributed by atoms with E-state index < -0.39 is 0 Å². The van der Waals surface area contributed by atoms with Crippen LogP contribution in [0.3, 0.4) is 0 Å². The first-order valence-corrected chi connectivity index (χ1v) is 6.18. The fourth-order valence-electron chi connectivity index (χ4n) is 1.61. The Bertz CT molecular complexity index is 627. The Morgan fingerprint density at radius 2 is 2.28 bits per heavy atom. The zero-order valence-corrected chi connectivity index (χ0v) is 10.9. The molecule has 2 heterocycles. The third kappa shape index (κ3) is 2.24. The quantitative estimate of drug-likeness (QED) is 0.831. The van der Waals surface area contributed by atoms with Gasteiger partial charge in [-0.05, 0) is 30.0 Å². The lowest BCUT2D eigenvalue weighted by atomic mass is 10.2. The topological polar surface area (TPSA) is 57.0 Å². The lowest BCUT2D eigenvalue weighted by molar-refractivity contribution is 0.0993.